The molecule has 0 aliphatic carbocycles. The third kappa shape index (κ3) is 14.4. The van der Waals surface area contributed by atoms with Crippen LogP contribution in [0.1, 0.15) is 39.2 Å². The molecular weight excluding hydrogens is 438 g/mol. The van der Waals surface area contributed by atoms with Gasteiger partial charge in [-0.1, -0.05) is 17.7 Å². The van der Waals surface area contributed by atoms with Crippen LogP contribution in [-0.4, -0.2) is 72.9 Å². The van der Waals surface area contributed by atoms with Crippen molar-refractivity contribution in [2.24, 2.45) is 0 Å². The van der Waals surface area contributed by atoms with Crippen molar-refractivity contribution in [3.8, 4) is 0 Å². The van der Waals surface area contributed by atoms with Gasteiger partial charge in [-0.25, -0.2) is 4.79 Å². The molecule has 1 N–H and O–H groups in total. The zero-order valence-electron chi connectivity index (χ0n) is 19.6. The number of rotatable bonds is 16. The van der Waals surface area contributed by atoms with Crippen LogP contribution in [0.4, 0.5) is 4.79 Å². The van der Waals surface area contributed by atoms with Crippen molar-refractivity contribution in [3.63, 3.8) is 0 Å². The van der Waals surface area contributed by atoms with Crippen molar-refractivity contribution in [3.05, 3.63) is 29.8 Å². The minimum Gasteiger partial charge on any atom is -0.444 e. The van der Waals surface area contributed by atoms with Crippen molar-refractivity contribution in [1.29, 1.82) is 0 Å². The normalized spacial score (nSPS) is 12.0. The zero-order valence-corrected chi connectivity index (χ0v) is 20.4. The van der Waals surface area contributed by atoms with Crippen LogP contribution in [0, 0.1) is 6.92 Å². The number of alkyl carbamates (subject to hydrolysis) is 1. The quantitative estimate of drug-likeness (QED) is 0.287. The molecule has 0 atom stereocenters. The Morgan fingerprint density at radius 1 is 0.844 bits per heavy atom. The zero-order chi connectivity index (χ0) is 23.9. The monoisotopic (exact) mass is 475 g/mol. The second-order valence-corrected chi connectivity index (χ2v) is 9.68. The Labute approximate surface area is 191 Å². The fourth-order valence-electron chi connectivity index (χ4n) is 2.35. The fourth-order valence-corrected chi connectivity index (χ4v) is 3.24. The van der Waals surface area contributed by atoms with Crippen LogP contribution in [-0.2, 0) is 33.2 Å². The van der Waals surface area contributed by atoms with Crippen LogP contribution < -0.4 is 5.32 Å². The molecule has 32 heavy (non-hydrogen) atoms. The Balaban J connectivity index is 1.88. The molecule has 0 radical (unpaired) electrons. The number of amides is 1. The first kappa shape index (κ1) is 28.3. The Morgan fingerprint density at radius 3 is 1.94 bits per heavy atom. The van der Waals surface area contributed by atoms with E-state index in [1.165, 1.54) is 12.1 Å². The lowest BCUT2D eigenvalue weighted by Gasteiger charge is -2.19. The van der Waals surface area contributed by atoms with Gasteiger partial charge in [0.1, 0.15) is 5.60 Å². The number of unbranched alkanes of at least 4 members (excludes halogenated alkanes) is 1. The van der Waals surface area contributed by atoms with Crippen LogP contribution in [0.25, 0.3) is 0 Å². The molecule has 1 rings (SSSR count). The van der Waals surface area contributed by atoms with Gasteiger partial charge in [-0.15, -0.1) is 0 Å². The highest BCUT2D eigenvalue weighted by atomic mass is 32.2. The van der Waals surface area contributed by atoms with E-state index < -0.39 is 21.8 Å². The number of benzene rings is 1. The number of aryl methyl sites for hydroxylation is 1. The molecule has 1 aromatic rings. The van der Waals surface area contributed by atoms with Gasteiger partial charge in [0.15, 0.2) is 0 Å². The summed E-state index contributed by atoms with van der Waals surface area (Å²) in [5, 5.41) is 2.61. The lowest BCUT2D eigenvalue weighted by atomic mass is 10.2. The van der Waals surface area contributed by atoms with Gasteiger partial charge in [0.05, 0.1) is 37.9 Å². The van der Waals surface area contributed by atoms with E-state index in [-0.39, 0.29) is 18.1 Å². The summed E-state index contributed by atoms with van der Waals surface area (Å²) >= 11 is 0. The third-order valence-corrected chi connectivity index (χ3v) is 5.22. The molecule has 0 heterocycles. The van der Waals surface area contributed by atoms with E-state index in [1.807, 2.05) is 6.92 Å². The van der Waals surface area contributed by atoms with Crippen molar-refractivity contribution in [2.75, 3.05) is 52.8 Å². The highest BCUT2D eigenvalue weighted by Gasteiger charge is 2.15. The Morgan fingerprint density at radius 2 is 1.38 bits per heavy atom. The molecule has 0 unspecified atom stereocenters. The van der Waals surface area contributed by atoms with Gasteiger partial charge >= 0.3 is 6.09 Å². The second kappa shape index (κ2) is 15.2. The topological polar surface area (TPSA) is 109 Å². The molecule has 9 nitrogen and oxygen atoms in total. The first-order valence-electron chi connectivity index (χ1n) is 10.8. The van der Waals surface area contributed by atoms with E-state index in [0.29, 0.717) is 39.6 Å². The summed E-state index contributed by atoms with van der Waals surface area (Å²) in [5.41, 5.74) is 0.469. The molecule has 1 amide bonds. The van der Waals surface area contributed by atoms with Crippen molar-refractivity contribution in [2.45, 2.75) is 51.0 Å². The van der Waals surface area contributed by atoms with E-state index in [0.717, 1.165) is 18.4 Å². The summed E-state index contributed by atoms with van der Waals surface area (Å²) in [6.07, 6.45) is 1.16. The van der Waals surface area contributed by atoms with Gasteiger partial charge in [0, 0.05) is 19.8 Å². The Bertz CT molecular complexity index is 744. The van der Waals surface area contributed by atoms with Crippen LogP contribution in [0.3, 0.4) is 0 Å². The Kier molecular flexibility index (Phi) is 13.4. The molecule has 0 bridgehead atoms. The summed E-state index contributed by atoms with van der Waals surface area (Å²) in [6, 6.07) is 6.50. The molecule has 10 heteroatoms. The average Bonchev–Trinajstić information content (AvgIpc) is 2.70. The molecule has 0 saturated heterocycles. The summed E-state index contributed by atoms with van der Waals surface area (Å²) in [7, 11) is -3.74. The first-order chi connectivity index (χ1) is 15.1. The van der Waals surface area contributed by atoms with E-state index in [1.54, 1.807) is 32.9 Å². The molecule has 0 spiro atoms. The van der Waals surface area contributed by atoms with Gasteiger partial charge in [0.25, 0.3) is 10.1 Å². The predicted molar refractivity (Wildman–Crippen MR) is 120 cm³/mol. The summed E-state index contributed by atoms with van der Waals surface area (Å²) in [4.78, 5) is 11.6. The minimum absolute atomic E-state index is 0.0210. The molecule has 0 aliphatic heterocycles. The van der Waals surface area contributed by atoms with Gasteiger partial charge < -0.3 is 24.3 Å². The van der Waals surface area contributed by atoms with E-state index >= 15 is 0 Å². The Hall–Kier alpha value is -1.72. The van der Waals surface area contributed by atoms with E-state index in [2.05, 4.69) is 5.32 Å². The maximum absolute atomic E-state index is 12.0. The summed E-state index contributed by atoms with van der Waals surface area (Å²) < 4.78 is 50.3. The van der Waals surface area contributed by atoms with Crippen LogP contribution >= 0.6 is 0 Å². The minimum atomic E-state index is -3.74. The number of hydrogen-bond donors (Lipinski definition) is 1. The molecule has 0 saturated carbocycles. The lowest BCUT2D eigenvalue weighted by Crippen LogP contribution is -2.34. The van der Waals surface area contributed by atoms with Gasteiger partial charge in [-0.3, -0.25) is 4.18 Å². The molecule has 1 aromatic carbocycles. The second-order valence-electron chi connectivity index (χ2n) is 8.06. The van der Waals surface area contributed by atoms with E-state index in [9.17, 15) is 13.2 Å². The van der Waals surface area contributed by atoms with E-state index in [4.69, 9.17) is 23.1 Å². The molecular formula is C22H37NO8S. The average molecular weight is 476 g/mol. The van der Waals surface area contributed by atoms with Gasteiger partial charge in [-0.2, -0.15) is 8.42 Å². The lowest BCUT2D eigenvalue weighted by molar-refractivity contribution is 0.0368. The SMILES string of the molecule is Cc1ccc(S(=O)(=O)OCCOCCCCOCCOCCNC(=O)OC(C)(C)C)cc1. The number of carbonyl (C=O) groups is 1. The van der Waals surface area contributed by atoms with Crippen molar-refractivity contribution >= 4 is 16.2 Å². The molecule has 0 aromatic heterocycles. The maximum Gasteiger partial charge on any atom is 0.407 e. The van der Waals surface area contributed by atoms with Crippen molar-refractivity contribution in [1.82, 2.24) is 5.32 Å². The smallest absolute Gasteiger partial charge is 0.407 e. The highest BCUT2D eigenvalue weighted by Crippen LogP contribution is 2.13. The number of nitrogens with one attached hydrogen (secondary N) is 1. The van der Waals surface area contributed by atoms with Crippen LogP contribution in [0.5, 0.6) is 0 Å². The van der Waals surface area contributed by atoms with Crippen LogP contribution in [0.15, 0.2) is 29.2 Å². The van der Waals surface area contributed by atoms with Gasteiger partial charge in [-0.05, 0) is 52.7 Å². The molecule has 0 fully saturated rings. The first-order valence-corrected chi connectivity index (χ1v) is 12.2. The standard InChI is InChI=1S/C22H37NO8S/c1-19-7-9-20(10-8-19)32(25,26)30-18-17-28-13-6-5-12-27-15-16-29-14-11-23-21(24)31-22(2,3)4/h7-10H,5-6,11-18H2,1-4H3,(H,23,24). The molecule has 0 aliphatic rings. The van der Waals surface area contributed by atoms with Gasteiger partial charge in [0.2, 0.25) is 0 Å². The predicted octanol–water partition coefficient (Wildman–Crippen LogP) is 3.06. The molecule has 184 valence electrons. The highest BCUT2D eigenvalue weighted by molar-refractivity contribution is 7.86. The summed E-state index contributed by atoms with van der Waals surface area (Å²) in [6.45, 7) is 10.3. The van der Waals surface area contributed by atoms with Crippen molar-refractivity contribution < 1.29 is 36.3 Å². The third-order valence-electron chi connectivity index (χ3n) is 3.89. The number of ether oxygens (including phenoxy) is 4. The van der Waals surface area contributed by atoms with Crippen LogP contribution in [0.2, 0.25) is 0 Å². The fraction of sp³-hybridized carbons (Fsp3) is 0.682. The maximum atomic E-state index is 12.0. The number of hydrogen-bond acceptors (Lipinski definition) is 8. The number of carbonyl (C=O) groups excluding carboxylic acids is 1. The summed E-state index contributed by atoms with van der Waals surface area (Å²) in [5.74, 6) is 0. The largest absolute Gasteiger partial charge is 0.444 e.